The van der Waals surface area contributed by atoms with Crippen molar-refractivity contribution in [3.8, 4) is 11.9 Å². The van der Waals surface area contributed by atoms with Crippen LogP contribution >= 0.6 is 23.2 Å². The molecule has 0 unspecified atom stereocenters. The molecule has 21 heavy (non-hydrogen) atoms. The molecule has 0 aliphatic heterocycles. The lowest BCUT2D eigenvalue weighted by molar-refractivity contribution is 0.450. The molecule has 106 valence electrons. The first kappa shape index (κ1) is 15.1. The Hall–Kier alpha value is -2.29. The smallest absolute Gasteiger partial charge is 0.268 e. The monoisotopic (exact) mass is 321 g/mol. The van der Waals surface area contributed by atoms with E-state index in [1.807, 2.05) is 0 Å². The summed E-state index contributed by atoms with van der Waals surface area (Å²) < 4.78 is 0. The Kier molecular flexibility index (Phi) is 4.32. The van der Waals surface area contributed by atoms with Crippen molar-refractivity contribution in [2.45, 2.75) is 6.92 Å². The van der Waals surface area contributed by atoms with E-state index < -0.39 is 5.56 Å². The topological polar surface area (TPSA) is 89.2 Å². The van der Waals surface area contributed by atoms with Crippen molar-refractivity contribution in [3.63, 3.8) is 0 Å². The minimum Gasteiger partial charge on any atom is -0.494 e. The van der Waals surface area contributed by atoms with Crippen LogP contribution in [0.25, 0.3) is 0 Å². The lowest BCUT2D eigenvalue weighted by Crippen LogP contribution is -2.14. The van der Waals surface area contributed by atoms with Crippen molar-refractivity contribution in [1.29, 1.82) is 5.26 Å². The minimum absolute atomic E-state index is 0.0727. The van der Waals surface area contributed by atoms with Crippen LogP contribution in [0.15, 0.2) is 28.0 Å². The molecule has 0 aliphatic rings. The van der Waals surface area contributed by atoms with E-state index in [-0.39, 0.29) is 17.0 Å². The van der Waals surface area contributed by atoms with Crippen LogP contribution in [-0.2, 0) is 0 Å². The van der Waals surface area contributed by atoms with Crippen LogP contribution in [0, 0.1) is 18.3 Å². The molecule has 1 heterocycles. The molecule has 0 atom stereocenters. The molecule has 7 heteroatoms. The highest BCUT2D eigenvalue weighted by Gasteiger charge is 2.12. The first-order valence-corrected chi connectivity index (χ1v) is 6.54. The lowest BCUT2D eigenvalue weighted by atomic mass is 10.1. The number of nitrogens with zero attached hydrogens (tertiary/aromatic N) is 2. The Morgan fingerprint density at radius 2 is 2.14 bits per heavy atom. The second-order valence-electron chi connectivity index (χ2n) is 4.18. The summed E-state index contributed by atoms with van der Waals surface area (Å²) in [5.41, 5.74) is 0.319. The molecule has 2 N–H and O–H groups in total. The van der Waals surface area contributed by atoms with E-state index in [0.717, 1.165) is 0 Å². The fourth-order valence-electron chi connectivity index (χ4n) is 1.73. The van der Waals surface area contributed by atoms with Gasteiger partial charge in [0.15, 0.2) is 0 Å². The quantitative estimate of drug-likeness (QED) is 0.831. The molecule has 0 radical (unpaired) electrons. The molecule has 0 saturated heterocycles. The number of aromatic amines is 1. The second kappa shape index (κ2) is 6.00. The second-order valence-corrected chi connectivity index (χ2v) is 5.03. The van der Waals surface area contributed by atoms with Crippen molar-refractivity contribution >= 4 is 35.1 Å². The third-order valence-electron chi connectivity index (χ3n) is 2.85. The van der Waals surface area contributed by atoms with E-state index in [1.165, 1.54) is 12.3 Å². The van der Waals surface area contributed by atoms with Gasteiger partial charge < -0.3 is 5.11 Å². The minimum atomic E-state index is -0.644. The summed E-state index contributed by atoms with van der Waals surface area (Å²) in [5.74, 6) is -0.356. The molecule has 1 aromatic heterocycles. The summed E-state index contributed by atoms with van der Waals surface area (Å²) in [5, 5.41) is 19.5. The number of aliphatic imine (C=N–C) groups is 1. The van der Waals surface area contributed by atoms with Crippen LogP contribution < -0.4 is 5.56 Å². The Bertz CT molecular complexity index is 835. The lowest BCUT2D eigenvalue weighted by Gasteiger charge is -2.05. The highest BCUT2D eigenvalue weighted by molar-refractivity contribution is 6.36. The van der Waals surface area contributed by atoms with E-state index >= 15 is 0 Å². The average molecular weight is 322 g/mol. The van der Waals surface area contributed by atoms with Gasteiger partial charge in [0.25, 0.3) is 5.56 Å². The standard InChI is InChI=1S/C14H9Cl2N3O2/c1-7-9(5-17)13(20)19-14(21)10(7)6-18-12-3-2-8(15)4-11(12)16/h2-4,6H,1H3,(H2,19,20,21). The Morgan fingerprint density at radius 3 is 2.76 bits per heavy atom. The summed E-state index contributed by atoms with van der Waals surface area (Å²) in [6, 6.07) is 6.57. The highest BCUT2D eigenvalue weighted by Crippen LogP contribution is 2.28. The van der Waals surface area contributed by atoms with Gasteiger partial charge in [-0.15, -0.1) is 0 Å². The number of aromatic nitrogens is 1. The number of rotatable bonds is 2. The number of halogens is 2. The molecule has 5 nitrogen and oxygen atoms in total. The van der Waals surface area contributed by atoms with Crippen LogP contribution in [-0.4, -0.2) is 16.3 Å². The maximum Gasteiger partial charge on any atom is 0.268 e. The predicted molar refractivity (Wildman–Crippen MR) is 81.9 cm³/mol. The largest absolute Gasteiger partial charge is 0.494 e. The van der Waals surface area contributed by atoms with Crippen LogP contribution in [0.5, 0.6) is 5.88 Å². The summed E-state index contributed by atoms with van der Waals surface area (Å²) in [6.45, 7) is 1.55. The fourth-order valence-corrected chi connectivity index (χ4v) is 2.19. The Labute approximate surface area is 130 Å². The number of hydrogen-bond acceptors (Lipinski definition) is 4. The van der Waals surface area contributed by atoms with Crippen molar-refractivity contribution in [1.82, 2.24) is 4.98 Å². The molecule has 0 fully saturated rings. The van der Waals surface area contributed by atoms with Crippen molar-refractivity contribution in [2.75, 3.05) is 0 Å². The van der Waals surface area contributed by atoms with Gasteiger partial charge in [-0.2, -0.15) is 5.26 Å². The number of nitrogens with one attached hydrogen (secondary N) is 1. The van der Waals surface area contributed by atoms with Gasteiger partial charge in [0.1, 0.15) is 11.6 Å². The molecule has 2 rings (SSSR count). The SMILES string of the molecule is Cc1c(C=Nc2ccc(Cl)cc2Cl)c(O)[nH]c(=O)c1C#N. The number of hydrogen-bond donors (Lipinski definition) is 2. The van der Waals surface area contributed by atoms with Gasteiger partial charge >= 0.3 is 0 Å². The Morgan fingerprint density at radius 1 is 1.43 bits per heavy atom. The number of pyridine rings is 1. The zero-order valence-corrected chi connectivity index (χ0v) is 12.3. The number of nitriles is 1. The molecule has 0 saturated carbocycles. The molecular formula is C14H9Cl2N3O2. The number of benzene rings is 1. The van der Waals surface area contributed by atoms with Crippen LogP contribution in [0.1, 0.15) is 16.7 Å². The van der Waals surface area contributed by atoms with Gasteiger partial charge in [0.2, 0.25) is 5.88 Å². The third-order valence-corrected chi connectivity index (χ3v) is 3.39. The molecule has 0 amide bonds. The summed E-state index contributed by atoms with van der Waals surface area (Å²) in [4.78, 5) is 17.8. The van der Waals surface area contributed by atoms with Crippen LogP contribution in [0.3, 0.4) is 0 Å². The zero-order valence-electron chi connectivity index (χ0n) is 10.8. The first-order chi connectivity index (χ1) is 9.93. The van der Waals surface area contributed by atoms with Gasteiger partial charge in [-0.05, 0) is 30.7 Å². The summed E-state index contributed by atoms with van der Waals surface area (Å²) in [6.07, 6.45) is 1.33. The fraction of sp³-hybridized carbons (Fsp3) is 0.0714. The molecule has 2 aromatic rings. The maximum atomic E-state index is 11.5. The van der Waals surface area contributed by atoms with E-state index in [1.54, 1.807) is 25.1 Å². The van der Waals surface area contributed by atoms with Crippen molar-refractivity contribution in [3.05, 3.63) is 55.3 Å². The Balaban J connectivity index is 2.51. The zero-order chi connectivity index (χ0) is 15.6. The van der Waals surface area contributed by atoms with Gasteiger partial charge in [-0.1, -0.05) is 23.2 Å². The van der Waals surface area contributed by atoms with Gasteiger partial charge in [0.05, 0.1) is 16.3 Å². The van der Waals surface area contributed by atoms with E-state index in [2.05, 4.69) is 9.98 Å². The maximum absolute atomic E-state index is 11.5. The van der Waals surface area contributed by atoms with Crippen molar-refractivity contribution in [2.24, 2.45) is 4.99 Å². The number of H-pyrrole nitrogens is 1. The highest BCUT2D eigenvalue weighted by atomic mass is 35.5. The van der Waals surface area contributed by atoms with E-state index in [0.29, 0.717) is 21.3 Å². The molecule has 0 bridgehead atoms. The molecule has 1 aromatic carbocycles. The third kappa shape index (κ3) is 3.07. The van der Waals surface area contributed by atoms with E-state index in [4.69, 9.17) is 28.5 Å². The van der Waals surface area contributed by atoms with E-state index in [9.17, 15) is 9.90 Å². The van der Waals surface area contributed by atoms with Crippen LogP contribution in [0.2, 0.25) is 10.0 Å². The van der Waals surface area contributed by atoms with Gasteiger partial charge in [0, 0.05) is 11.2 Å². The first-order valence-electron chi connectivity index (χ1n) is 5.79. The molecule has 0 aliphatic carbocycles. The van der Waals surface area contributed by atoms with Crippen molar-refractivity contribution < 1.29 is 5.11 Å². The van der Waals surface area contributed by atoms with Gasteiger partial charge in [-0.25, -0.2) is 0 Å². The summed E-state index contributed by atoms with van der Waals surface area (Å²) in [7, 11) is 0. The molecular weight excluding hydrogens is 313 g/mol. The number of aromatic hydroxyl groups is 1. The average Bonchev–Trinajstić information content (AvgIpc) is 2.40. The van der Waals surface area contributed by atoms with Crippen LogP contribution in [0.4, 0.5) is 5.69 Å². The normalized spacial score (nSPS) is 10.8. The summed E-state index contributed by atoms with van der Waals surface area (Å²) >= 11 is 11.8. The predicted octanol–water partition coefficient (Wildman–Crippen LogP) is 3.32. The van der Waals surface area contributed by atoms with Gasteiger partial charge in [-0.3, -0.25) is 14.8 Å². The molecule has 0 spiro atoms.